The van der Waals surface area contributed by atoms with Crippen LogP contribution in [-0.2, 0) is 16.1 Å². The third-order valence-corrected chi connectivity index (χ3v) is 4.41. The van der Waals surface area contributed by atoms with Crippen LogP contribution in [0.1, 0.15) is 48.9 Å². The van der Waals surface area contributed by atoms with Gasteiger partial charge in [0.25, 0.3) is 5.91 Å². The number of nitrogens with one attached hydrogen (secondary N) is 1. The van der Waals surface area contributed by atoms with Gasteiger partial charge in [0.1, 0.15) is 23.9 Å². The highest BCUT2D eigenvalue weighted by Crippen LogP contribution is 2.18. The van der Waals surface area contributed by atoms with E-state index in [-0.39, 0.29) is 30.1 Å². The standard InChI is InChI=1S/C20H22FNO5/c1-13(19(23)22-15-4-2-3-5-15)26-20(24)18-11-10-17(27-18)12-25-16-8-6-14(21)7-9-16/h6-11,13,15H,2-5,12H2,1H3,(H,22,23)/t13-/m1/s1. The molecule has 0 unspecified atom stereocenters. The van der Waals surface area contributed by atoms with Crippen molar-refractivity contribution in [1.29, 1.82) is 0 Å². The van der Waals surface area contributed by atoms with Crippen molar-refractivity contribution in [1.82, 2.24) is 5.32 Å². The summed E-state index contributed by atoms with van der Waals surface area (Å²) in [6, 6.07) is 8.79. The van der Waals surface area contributed by atoms with Gasteiger partial charge in [-0.05, 0) is 56.2 Å². The average molecular weight is 375 g/mol. The summed E-state index contributed by atoms with van der Waals surface area (Å²) >= 11 is 0. The molecule has 1 aromatic carbocycles. The Morgan fingerprint density at radius 2 is 1.89 bits per heavy atom. The van der Waals surface area contributed by atoms with Crippen molar-refractivity contribution in [2.75, 3.05) is 0 Å². The monoisotopic (exact) mass is 375 g/mol. The third kappa shape index (κ3) is 5.32. The molecule has 0 saturated heterocycles. The number of ether oxygens (including phenoxy) is 2. The molecule has 1 heterocycles. The first kappa shape index (κ1) is 18.9. The second kappa shape index (κ2) is 8.70. The van der Waals surface area contributed by atoms with Crippen LogP contribution >= 0.6 is 0 Å². The van der Waals surface area contributed by atoms with Gasteiger partial charge in [-0.25, -0.2) is 9.18 Å². The van der Waals surface area contributed by atoms with Crippen molar-refractivity contribution in [3.05, 3.63) is 53.7 Å². The summed E-state index contributed by atoms with van der Waals surface area (Å²) in [5.41, 5.74) is 0. The van der Waals surface area contributed by atoms with Crippen LogP contribution in [0.5, 0.6) is 5.75 Å². The van der Waals surface area contributed by atoms with E-state index in [1.807, 2.05) is 0 Å². The minimum Gasteiger partial charge on any atom is -0.486 e. The van der Waals surface area contributed by atoms with E-state index in [9.17, 15) is 14.0 Å². The molecule has 0 radical (unpaired) electrons. The van der Waals surface area contributed by atoms with E-state index >= 15 is 0 Å². The van der Waals surface area contributed by atoms with Crippen molar-refractivity contribution >= 4 is 11.9 Å². The molecule has 1 N–H and O–H groups in total. The van der Waals surface area contributed by atoms with Crippen LogP contribution in [0.15, 0.2) is 40.8 Å². The molecule has 1 fully saturated rings. The molecule has 2 aromatic rings. The Balaban J connectivity index is 1.48. The maximum absolute atomic E-state index is 12.9. The van der Waals surface area contributed by atoms with E-state index in [4.69, 9.17) is 13.9 Å². The van der Waals surface area contributed by atoms with E-state index in [2.05, 4.69) is 5.32 Å². The van der Waals surface area contributed by atoms with E-state index in [0.717, 1.165) is 25.7 Å². The molecule has 1 aliphatic carbocycles. The molecule has 7 heteroatoms. The fourth-order valence-corrected chi connectivity index (χ4v) is 2.91. The molecular formula is C20H22FNO5. The lowest BCUT2D eigenvalue weighted by Gasteiger charge is -2.16. The number of carbonyl (C=O) groups excluding carboxylic acids is 2. The van der Waals surface area contributed by atoms with Gasteiger partial charge in [-0.2, -0.15) is 0 Å². The van der Waals surface area contributed by atoms with Gasteiger partial charge in [0.05, 0.1) is 0 Å². The maximum Gasteiger partial charge on any atom is 0.375 e. The normalized spacial score (nSPS) is 15.3. The Morgan fingerprint density at radius 3 is 2.59 bits per heavy atom. The molecule has 1 saturated carbocycles. The number of halogens is 1. The minimum absolute atomic E-state index is 0.00628. The smallest absolute Gasteiger partial charge is 0.375 e. The van der Waals surface area contributed by atoms with Crippen molar-refractivity contribution in [2.24, 2.45) is 0 Å². The lowest BCUT2D eigenvalue weighted by molar-refractivity contribution is -0.129. The first-order valence-electron chi connectivity index (χ1n) is 8.99. The van der Waals surface area contributed by atoms with Gasteiger partial charge in [0, 0.05) is 6.04 Å². The quantitative estimate of drug-likeness (QED) is 0.748. The van der Waals surface area contributed by atoms with Crippen LogP contribution in [0.25, 0.3) is 0 Å². The van der Waals surface area contributed by atoms with Gasteiger partial charge in [-0.1, -0.05) is 12.8 Å². The SMILES string of the molecule is C[C@@H](OC(=O)c1ccc(COc2ccc(F)cc2)o1)C(=O)NC1CCCC1. The van der Waals surface area contributed by atoms with Crippen LogP contribution in [-0.4, -0.2) is 24.0 Å². The van der Waals surface area contributed by atoms with Crippen LogP contribution in [0.2, 0.25) is 0 Å². The summed E-state index contributed by atoms with van der Waals surface area (Å²) < 4.78 is 28.9. The number of furan rings is 1. The number of hydrogen-bond donors (Lipinski definition) is 1. The molecule has 0 spiro atoms. The number of hydrogen-bond acceptors (Lipinski definition) is 5. The van der Waals surface area contributed by atoms with Crippen molar-refractivity contribution in [3.63, 3.8) is 0 Å². The second-order valence-electron chi connectivity index (χ2n) is 6.55. The predicted molar refractivity (Wildman–Crippen MR) is 94.7 cm³/mol. The van der Waals surface area contributed by atoms with Gasteiger partial charge in [0.2, 0.25) is 5.76 Å². The van der Waals surface area contributed by atoms with E-state index in [1.54, 1.807) is 6.07 Å². The van der Waals surface area contributed by atoms with Gasteiger partial charge in [-0.3, -0.25) is 4.79 Å². The molecule has 27 heavy (non-hydrogen) atoms. The van der Waals surface area contributed by atoms with E-state index in [1.165, 1.54) is 37.3 Å². The molecule has 1 atom stereocenters. The highest BCUT2D eigenvalue weighted by Gasteiger charge is 2.24. The summed E-state index contributed by atoms with van der Waals surface area (Å²) in [6.45, 7) is 1.61. The summed E-state index contributed by atoms with van der Waals surface area (Å²) in [7, 11) is 0. The molecule has 1 amide bonds. The van der Waals surface area contributed by atoms with E-state index < -0.39 is 12.1 Å². The lowest BCUT2D eigenvalue weighted by Crippen LogP contribution is -2.40. The van der Waals surface area contributed by atoms with Crippen LogP contribution in [0.4, 0.5) is 4.39 Å². The maximum atomic E-state index is 12.9. The first-order chi connectivity index (χ1) is 13.0. The zero-order valence-electron chi connectivity index (χ0n) is 15.1. The highest BCUT2D eigenvalue weighted by atomic mass is 19.1. The number of esters is 1. The summed E-state index contributed by atoms with van der Waals surface area (Å²) in [4.78, 5) is 24.2. The topological polar surface area (TPSA) is 77.8 Å². The Labute approximate surface area is 156 Å². The van der Waals surface area contributed by atoms with Gasteiger partial charge >= 0.3 is 5.97 Å². The molecule has 1 aromatic heterocycles. The Hall–Kier alpha value is -2.83. The third-order valence-electron chi connectivity index (χ3n) is 4.41. The first-order valence-corrected chi connectivity index (χ1v) is 8.99. The average Bonchev–Trinajstić information content (AvgIpc) is 3.33. The molecule has 0 bridgehead atoms. The fraction of sp³-hybridized carbons (Fsp3) is 0.400. The largest absolute Gasteiger partial charge is 0.486 e. The zero-order valence-corrected chi connectivity index (χ0v) is 15.1. The van der Waals surface area contributed by atoms with Crippen molar-refractivity contribution < 1.29 is 27.9 Å². The number of amides is 1. The predicted octanol–water partition coefficient (Wildman–Crippen LogP) is 3.60. The van der Waals surface area contributed by atoms with Crippen LogP contribution < -0.4 is 10.1 Å². The van der Waals surface area contributed by atoms with Crippen LogP contribution in [0.3, 0.4) is 0 Å². The van der Waals surface area contributed by atoms with Crippen molar-refractivity contribution in [2.45, 2.75) is 51.4 Å². The molecular weight excluding hydrogens is 353 g/mol. The summed E-state index contributed by atoms with van der Waals surface area (Å²) in [5.74, 6) is -0.480. The van der Waals surface area contributed by atoms with Crippen molar-refractivity contribution in [3.8, 4) is 5.75 Å². The molecule has 1 aliphatic rings. The Kier molecular flexibility index (Phi) is 6.11. The number of benzene rings is 1. The van der Waals surface area contributed by atoms with Gasteiger partial charge < -0.3 is 19.2 Å². The number of carbonyl (C=O) groups is 2. The summed E-state index contributed by atoms with van der Waals surface area (Å²) in [5, 5.41) is 2.89. The summed E-state index contributed by atoms with van der Waals surface area (Å²) in [6.07, 6.45) is 3.23. The van der Waals surface area contributed by atoms with E-state index in [0.29, 0.717) is 11.5 Å². The second-order valence-corrected chi connectivity index (χ2v) is 6.55. The fourth-order valence-electron chi connectivity index (χ4n) is 2.91. The Morgan fingerprint density at radius 1 is 1.19 bits per heavy atom. The molecule has 3 rings (SSSR count). The number of rotatable bonds is 7. The molecule has 144 valence electrons. The van der Waals surface area contributed by atoms with Gasteiger partial charge in [-0.15, -0.1) is 0 Å². The zero-order chi connectivity index (χ0) is 19.2. The van der Waals surface area contributed by atoms with Gasteiger partial charge in [0.15, 0.2) is 6.10 Å². The molecule has 0 aliphatic heterocycles. The Bertz CT molecular complexity index is 780. The molecule has 6 nitrogen and oxygen atoms in total. The minimum atomic E-state index is -0.901. The highest BCUT2D eigenvalue weighted by molar-refractivity contribution is 5.90. The van der Waals surface area contributed by atoms with Crippen LogP contribution in [0, 0.1) is 5.82 Å². The lowest BCUT2D eigenvalue weighted by atomic mass is 10.2.